The van der Waals surface area contributed by atoms with E-state index in [-0.39, 0.29) is 12.4 Å². The van der Waals surface area contributed by atoms with Crippen LogP contribution in [0, 0.1) is 31.5 Å². The van der Waals surface area contributed by atoms with E-state index in [4.69, 9.17) is 5.73 Å². The summed E-state index contributed by atoms with van der Waals surface area (Å²) in [7, 11) is 0. The van der Waals surface area contributed by atoms with Crippen molar-refractivity contribution in [3.8, 4) is 11.8 Å². The normalized spacial score (nSPS) is 10.1. The molecule has 21 heavy (non-hydrogen) atoms. The smallest absolute Gasteiger partial charge is 0.138 e. The van der Waals surface area contributed by atoms with Gasteiger partial charge in [0.1, 0.15) is 5.82 Å². The van der Waals surface area contributed by atoms with Crippen LogP contribution in [0.5, 0.6) is 0 Å². The van der Waals surface area contributed by atoms with Crippen molar-refractivity contribution >= 4 is 11.8 Å². The number of hydrogen-bond acceptors (Lipinski definition) is 2. The van der Waals surface area contributed by atoms with E-state index in [0.717, 1.165) is 11.3 Å². The van der Waals surface area contributed by atoms with E-state index in [1.54, 1.807) is 23.9 Å². The second-order valence-corrected chi connectivity index (χ2v) is 5.89. The van der Waals surface area contributed by atoms with E-state index in [1.807, 2.05) is 0 Å². The number of rotatable bonds is 3. The Labute approximate surface area is 129 Å². The van der Waals surface area contributed by atoms with Gasteiger partial charge in [0.2, 0.25) is 0 Å². The maximum Gasteiger partial charge on any atom is 0.138 e. The van der Waals surface area contributed by atoms with E-state index in [2.05, 4.69) is 43.9 Å². The molecule has 0 saturated heterocycles. The monoisotopic (exact) mass is 299 g/mol. The van der Waals surface area contributed by atoms with Gasteiger partial charge in [-0.3, -0.25) is 0 Å². The van der Waals surface area contributed by atoms with Gasteiger partial charge >= 0.3 is 0 Å². The molecule has 0 amide bonds. The first kappa shape index (κ1) is 15.6. The molecule has 3 heteroatoms. The molecule has 0 radical (unpaired) electrons. The van der Waals surface area contributed by atoms with Crippen LogP contribution >= 0.6 is 11.8 Å². The van der Waals surface area contributed by atoms with Crippen LogP contribution in [0.1, 0.15) is 22.3 Å². The average Bonchev–Trinajstić information content (AvgIpc) is 2.48. The SMILES string of the molecule is Cc1ccc(C)c(SCc2ccc(F)c(C#CCN)c2)c1. The molecule has 0 fully saturated rings. The highest BCUT2D eigenvalue weighted by atomic mass is 32.2. The molecular formula is C18H18FNS. The Morgan fingerprint density at radius 1 is 1.14 bits per heavy atom. The largest absolute Gasteiger partial charge is 0.320 e. The van der Waals surface area contributed by atoms with Crippen molar-refractivity contribution in [1.82, 2.24) is 0 Å². The van der Waals surface area contributed by atoms with Crippen molar-refractivity contribution in [3.63, 3.8) is 0 Å². The van der Waals surface area contributed by atoms with E-state index in [0.29, 0.717) is 5.56 Å². The molecule has 0 aliphatic heterocycles. The Balaban J connectivity index is 2.15. The summed E-state index contributed by atoms with van der Waals surface area (Å²) in [6.45, 7) is 4.42. The summed E-state index contributed by atoms with van der Waals surface area (Å²) in [4.78, 5) is 1.26. The van der Waals surface area contributed by atoms with E-state index < -0.39 is 0 Å². The number of hydrogen-bond donors (Lipinski definition) is 1. The Bertz CT molecular complexity index is 698. The molecule has 2 aromatic carbocycles. The predicted octanol–water partition coefficient (Wildman–Crippen LogP) is 4.05. The van der Waals surface area contributed by atoms with Crippen molar-refractivity contribution in [1.29, 1.82) is 0 Å². The number of thioether (sulfide) groups is 1. The maximum atomic E-state index is 13.6. The Morgan fingerprint density at radius 3 is 2.71 bits per heavy atom. The lowest BCUT2D eigenvalue weighted by Crippen LogP contribution is -1.94. The summed E-state index contributed by atoms with van der Waals surface area (Å²) in [5.41, 5.74) is 9.31. The first-order valence-electron chi connectivity index (χ1n) is 6.77. The second-order valence-electron chi connectivity index (χ2n) is 4.88. The minimum atomic E-state index is -0.295. The van der Waals surface area contributed by atoms with Gasteiger partial charge in [0.05, 0.1) is 12.1 Å². The molecule has 0 unspecified atom stereocenters. The first-order chi connectivity index (χ1) is 10.1. The first-order valence-corrected chi connectivity index (χ1v) is 7.76. The topological polar surface area (TPSA) is 26.0 Å². The molecule has 1 nitrogen and oxygen atoms in total. The van der Waals surface area contributed by atoms with Crippen LogP contribution in [0.15, 0.2) is 41.3 Å². The molecule has 2 N–H and O–H groups in total. The molecular weight excluding hydrogens is 281 g/mol. The van der Waals surface area contributed by atoms with Gasteiger partial charge in [-0.25, -0.2) is 4.39 Å². The number of benzene rings is 2. The second kappa shape index (κ2) is 7.31. The Kier molecular flexibility index (Phi) is 5.44. The van der Waals surface area contributed by atoms with Gasteiger partial charge in [-0.1, -0.05) is 35.6 Å². The molecule has 0 aromatic heterocycles. The molecule has 2 rings (SSSR count). The van der Waals surface area contributed by atoms with Crippen molar-refractivity contribution in [2.24, 2.45) is 5.73 Å². The van der Waals surface area contributed by atoms with Gasteiger partial charge in [-0.15, -0.1) is 11.8 Å². The molecule has 0 bridgehead atoms. The van der Waals surface area contributed by atoms with Gasteiger partial charge in [0.25, 0.3) is 0 Å². The van der Waals surface area contributed by atoms with Crippen molar-refractivity contribution in [2.45, 2.75) is 24.5 Å². The molecule has 0 atom stereocenters. The van der Waals surface area contributed by atoms with Crippen LogP contribution in [-0.4, -0.2) is 6.54 Å². The number of halogens is 1. The third-order valence-electron chi connectivity index (χ3n) is 3.09. The van der Waals surface area contributed by atoms with Crippen molar-refractivity contribution in [2.75, 3.05) is 6.54 Å². The Morgan fingerprint density at radius 2 is 1.95 bits per heavy atom. The highest BCUT2D eigenvalue weighted by Gasteiger charge is 2.04. The fraction of sp³-hybridized carbons (Fsp3) is 0.222. The summed E-state index contributed by atoms with van der Waals surface area (Å²) in [5, 5.41) is 0. The third kappa shape index (κ3) is 4.35. The van der Waals surface area contributed by atoms with Crippen molar-refractivity contribution < 1.29 is 4.39 Å². The zero-order valence-electron chi connectivity index (χ0n) is 12.2. The summed E-state index contributed by atoms with van der Waals surface area (Å²) in [6, 6.07) is 11.5. The average molecular weight is 299 g/mol. The zero-order valence-corrected chi connectivity index (χ0v) is 13.1. The van der Waals surface area contributed by atoms with Crippen LogP contribution in [0.4, 0.5) is 4.39 Å². The number of nitrogens with two attached hydrogens (primary N) is 1. The molecule has 0 spiro atoms. The van der Waals surface area contributed by atoms with Gasteiger partial charge in [0.15, 0.2) is 0 Å². The van der Waals surface area contributed by atoms with Crippen LogP contribution in [0.25, 0.3) is 0 Å². The minimum absolute atomic E-state index is 0.237. The van der Waals surface area contributed by atoms with Crippen LogP contribution < -0.4 is 5.73 Å². The number of aryl methyl sites for hydroxylation is 2. The molecule has 0 saturated carbocycles. The van der Waals surface area contributed by atoms with Gasteiger partial charge in [0, 0.05) is 10.6 Å². The Hall–Kier alpha value is -1.76. The lowest BCUT2D eigenvalue weighted by atomic mass is 10.1. The van der Waals surface area contributed by atoms with Gasteiger partial charge in [-0.2, -0.15) is 0 Å². The third-order valence-corrected chi connectivity index (χ3v) is 4.32. The zero-order chi connectivity index (χ0) is 15.2. The molecule has 0 heterocycles. The quantitative estimate of drug-likeness (QED) is 0.683. The minimum Gasteiger partial charge on any atom is -0.320 e. The lowest BCUT2D eigenvalue weighted by Gasteiger charge is -2.07. The highest BCUT2D eigenvalue weighted by molar-refractivity contribution is 7.98. The standard InChI is InChI=1S/C18H18FNS/c1-13-5-6-14(2)18(10-13)21-12-15-7-8-17(19)16(11-15)4-3-9-20/h5-8,10-11H,9,12,20H2,1-2H3. The molecule has 2 aromatic rings. The summed E-state index contributed by atoms with van der Waals surface area (Å²) in [6.07, 6.45) is 0. The van der Waals surface area contributed by atoms with Crippen LogP contribution in [0.2, 0.25) is 0 Å². The van der Waals surface area contributed by atoms with Crippen LogP contribution in [-0.2, 0) is 5.75 Å². The predicted molar refractivity (Wildman–Crippen MR) is 87.8 cm³/mol. The van der Waals surface area contributed by atoms with Crippen molar-refractivity contribution in [3.05, 3.63) is 64.5 Å². The maximum absolute atomic E-state index is 13.6. The summed E-state index contributed by atoms with van der Waals surface area (Å²) < 4.78 is 13.6. The molecule has 108 valence electrons. The van der Waals surface area contributed by atoms with Gasteiger partial charge < -0.3 is 5.73 Å². The van der Waals surface area contributed by atoms with Gasteiger partial charge in [-0.05, 0) is 43.2 Å². The van der Waals surface area contributed by atoms with E-state index in [9.17, 15) is 4.39 Å². The summed E-state index contributed by atoms with van der Waals surface area (Å²) >= 11 is 1.76. The fourth-order valence-electron chi connectivity index (χ4n) is 1.93. The molecule has 0 aliphatic carbocycles. The highest BCUT2D eigenvalue weighted by Crippen LogP contribution is 2.27. The fourth-order valence-corrected chi connectivity index (χ4v) is 2.99. The summed E-state index contributed by atoms with van der Waals surface area (Å²) in [5.74, 6) is 5.96. The lowest BCUT2D eigenvalue weighted by molar-refractivity contribution is 0.624. The molecule has 0 aliphatic rings. The van der Waals surface area contributed by atoms with E-state index in [1.165, 1.54) is 22.1 Å². The van der Waals surface area contributed by atoms with Crippen LogP contribution in [0.3, 0.4) is 0 Å². The van der Waals surface area contributed by atoms with E-state index >= 15 is 0 Å².